The van der Waals surface area contributed by atoms with Gasteiger partial charge in [0.25, 0.3) is 0 Å². The molecule has 0 aromatic heterocycles. The summed E-state index contributed by atoms with van der Waals surface area (Å²) in [5.41, 5.74) is -6.97. The van der Waals surface area contributed by atoms with Gasteiger partial charge in [0, 0.05) is 19.3 Å². The summed E-state index contributed by atoms with van der Waals surface area (Å²) in [5.74, 6) is -3.20. The summed E-state index contributed by atoms with van der Waals surface area (Å²) in [6.45, 7) is 6.71. The van der Waals surface area contributed by atoms with Gasteiger partial charge in [-0.05, 0) is 19.3 Å². The van der Waals surface area contributed by atoms with Gasteiger partial charge in [-0.15, -0.1) is 0 Å². The Morgan fingerprint density at radius 2 is 0.536 bits per heavy atom. The average Bonchev–Trinajstić information content (AvgIpc) is 3.35. The van der Waals surface area contributed by atoms with Gasteiger partial charge in [-0.25, -0.2) is 0 Å². The summed E-state index contributed by atoms with van der Waals surface area (Å²) >= 11 is 0. The van der Waals surface area contributed by atoms with Gasteiger partial charge in [-0.3, -0.25) is 14.4 Å². The van der Waals surface area contributed by atoms with Gasteiger partial charge in [-0.2, -0.15) is 0 Å². The summed E-state index contributed by atoms with van der Waals surface area (Å²) in [6.07, 6.45) is 41.5. The van der Waals surface area contributed by atoms with E-state index >= 15 is 0 Å². The number of carbonyl (C=O) groups is 4. The van der Waals surface area contributed by atoms with Crippen LogP contribution in [0.25, 0.3) is 0 Å². The number of unbranched alkanes of at least 4 members (excludes halogenated alkanes) is 42. The highest BCUT2D eigenvalue weighted by atomic mass is 16.4. The van der Waals surface area contributed by atoms with Crippen molar-refractivity contribution >= 4 is 23.6 Å². The smallest absolute Gasteiger partial charge is 0.194 e. The van der Waals surface area contributed by atoms with Gasteiger partial charge in [0.15, 0.2) is 34.8 Å². The normalized spacial score (nSPS) is 14.8. The van der Waals surface area contributed by atoms with E-state index in [9.17, 15) is 44.7 Å². The molecular weight excluding hydrogens is 865 g/mol. The van der Waals surface area contributed by atoms with Crippen LogP contribution in [0.3, 0.4) is 0 Å². The zero-order chi connectivity index (χ0) is 51.1. The molecule has 0 saturated heterocycles. The molecule has 0 aliphatic rings. The summed E-state index contributed by atoms with van der Waals surface area (Å²) in [7, 11) is 0. The lowest BCUT2D eigenvalue weighted by atomic mass is 9.66. The Labute approximate surface area is 425 Å². The molecule has 9 nitrogen and oxygen atoms in total. The molecule has 0 aromatic rings. The molecule has 0 amide bonds. The Hall–Kier alpha value is -1.52. The highest BCUT2D eigenvalue weighted by molar-refractivity contribution is 6.02. The highest BCUT2D eigenvalue weighted by Crippen LogP contribution is 2.36. The lowest BCUT2D eigenvalue weighted by Crippen LogP contribution is -2.76. The highest BCUT2D eigenvalue weighted by Gasteiger charge is 2.67. The van der Waals surface area contributed by atoms with E-state index in [1.165, 1.54) is 180 Å². The first-order valence-corrected chi connectivity index (χ1v) is 30.0. The fraction of sp³-hybridized carbons (Fsp3) is 0.933. The van der Waals surface area contributed by atoms with Crippen LogP contribution in [0.1, 0.15) is 329 Å². The molecule has 0 heterocycles. The van der Waals surface area contributed by atoms with E-state index in [2.05, 4.69) is 20.8 Å². The SMILES string of the molecule is CCCCCCCCCCCCCCCCCC(=O)C(O)C(O)C(O)(C(=O)CCCCCCCCCCCCCCCCC)C(O)(C(=O)CCCCCCCCCCCCCCCCC)C(O)C=O. The Bertz CT molecular complexity index is 1190. The molecule has 0 aliphatic carbocycles. The zero-order valence-corrected chi connectivity index (χ0v) is 45.6. The third kappa shape index (κ3) is 32.3. The van der Waals surface area contributed by atoms with Crippen LogP contribution in [0, 0.1) is 0 Å². The minimum absolute atomic E-state index is 0.132. The molecule has 0 saturated carbocycles. The van der Waals surface area contributed by atoms with Gasteiger partial charge in [0.05, 0.1) is 0 Å². The van der Waals surface area contributed by atoms with E-state index in [0.29, 0.717) is 19.3 Å². The summed E-state index contributed by atoms with van der Waals surface area (Å²) in [4.78, 5) is 53.5. The van der Waals surface area contributed by atoms with E-state index < -0.39 is 46.9 Å². The Morgan fingerprint density at radius 1 is 0.333 bits per heavy atom. The van der Waals surface area contributed by atoms with Crippen LogP contribution >= 0.6 is 0 Å². The standard InChI is InChI=1S/C60H114O9/c1-4-7-10-13-16-19-22-25-28-31-34-37-40-43-46-49-53(62)57(66)58(67)60(69,55(64)51-48-45-42-39-36-33-30-27-24-21-18-15-12-9-6-3)59(68,56(65)52-61)54(63)50-47-44-41-38-35-32-29-26-23-20-17-14-11-8-5-2/h52,56-58,65-69H,4-51H2,1-3H3. The molecule has 0 rings (SSSR count). The monoisotopic (exact) mass is 979 g/mol. The number of carbonyl (C=O) groups excluding carboxylic acids is 4. The molecular formula is C60H114O9. The molecule has 0 radical (unpaired) electrons. The van der Waals surface area contributed by atoms with Gasteiger partial charge in [0.2, 0.25) is 0 Å². The maximum Gasteiger partial charge on any atom is 0.194 e. The van der Waals surface area contributed by atoms with Crippen molar-refractivity contribution < 1.29 is 44.7 Å². The van der Waals surface area contributed by atoms with Gasteiger partial charge in [-0.1, -0.05) is 290 Å². The minimum Gasteiger partial charge on any atom is -0.386 e. The molecule has 0 fully saturated rings. The van der Waals surface area contributed by atoms with E-state index in [1.54, 1.807) is 0 Å². The van der Waals surface area contributed by atoms with E-state index in [-0.39, 0.29) is 38.4 Å². The zero-order valence-electron chi connectivity index (χ0n) is 45.6. The molecule has 408 valence electrons. The maximum absolute atomic E-state index is 14.1. The number of aliphatic hydroxyl groups excluding tert-OH is 3. The number of hydrogen-bond donors (Lipinski definition) is 5. The average molecular weight is 980 g/mol. The molecule has 0 spiro atoms. The van der Waals surface area contributed by atoms with Crippen LogP contribution in [0.5, 0.6) is 0 Å². The van der Waals surface area contributed by atoms with Gasteiger partial charge in [0.1, 0.15) is 18.3 Å². The van der Waals surface area contributed by atoms with Crippen molar-refractivity contribution in [3.63, 3.8) is 0 Å². The number of rotatable bonds is 56. The summed E-state index contributed by atoms with van der Waals surface area (Å²) in [5, 5.41) is 58.0. The minimum atomic E-state index is -3.50. The van der Waals surface area contributed by atoms with Crippen molar-refractivity contribution in [2.75, 3.05) is 0 Å². The molecule has 9 heteroatoms. The van der Waals surface area contributed by atoms with Crippen LogP contribution in [0.2, 0.25) is 0 Å². The predicted octanol–water partition coefficient (Wildman–Crippen LogP) is 15.2. The lowest BCUT2D eigenvalue weighted by molar-refractivity contribution is -0.234. The van der Waals surface area contributed by atoms with Crippen LogP contribution in [0.4, 0.5) is 0 Å². The molecule has 0 aromatic carbocycles. The first kappa shape index (κ1) is 67.5. The third-order valence-electron chi connectivity index (χ3n) is 15.1. The molecule has 69 heavy (non-hydrogen) atoms. The lowest BCUT2D eigenvalue weighted by Gasteiger charge is -2.46. The molecule has 0 bridgehead atoms. The number of Topliss-reactive ketones (excluding diaryl/α,β-unsaturated/α-hetero) is 3. The Kier molecular flexibility index (Phi) is 46.4. The van der Waals surface area contributed by atoms with Crippen molar-refractivity contribution in [1.29, 1.82) is 0 Å². The second kappa shape index (κ2) is 47.5. The predicted molar refractivity (Wildman–Crippen MR) is 288 cm³/mol. The van der Waals surface area contributed by atoms with Crippen LogP contribution < -0.4 is 0 Å². The molecule has 0 aliphatic heterocycles. The Morgan fingerprint density at radius 3 is 0.768 bits per heavy atom. The quantitative estimate of drug-likeness (QED) is 0.0294. The third-order valence-corrected chi connectivity index (χ3v) is 15.1. The fourth-order valence-electron chi connectivity index (χ4n) is 10.2. The maximum atomic E-state index is 14.1. The van der Waals surface area contributed by atoms with Crippen molar-refractivity contribution in [1.82, 2.24) is 0 Å². The van der Waals surface area contributed by atoms with Gasteiger partial charge >= 0.3 is 0 Å². The number of aliphatic hydroxyl groups is 5. The van der Waals surface area contributed by atoms with Gasteiger partial charge < -0.3 is 30.3 Å². The van der Waals surface area contributed by atoms with E-state index in [0.717, 1.165) is 77.0 Å². The van der Waals surface area contributed by atoms with Crippen molar-refractivity contribution in [3.05, 3.63) is 0 Å². The largest absolute Gasteiger partial charge is 0.386 e. The second-order valence-electron chi connectivity index (χ2n) is 21.4. The molecule has 5 N–H and O–H groups in total. The second-order valence-corrected chi connectivity index (χ2v) is 21.4. The first-order chi connectivity index (χ1) is 33.5. The van der Waals surface area contributed by atoms with Crippen molar-refractivity contribution in [2.24, 2.45) is 0 Å². The summed E-state index contributed by atoms with van der Waals surface area (Å²) in [6, 6.07) is 0. The molecule has 5 atom stereocenters. The Balaban J connectivity index is 5.31. The van der Waals surface area contributed by atoms with Crippen LogP contribution in [-0.4, -0.2) is 78.7 Å². The number of aldehydes is 1. The van der Waals surface area contributed by atoms with E-state index in [4.69, 9.17) is 0 Å². The number of ketones is 3. The number of hydrogen-bond acceptors (Lipinski definition) is 9. The van der Waals surface area contributed by atoms with Crippen LogP contribution in [-0.2, 0) is 19.2 Å². The molecule has 5 unspecified atom stereocenters. The van der Waals surface area contributed by atoms with Crippen molar-refractivity contribution in [3.8, 4) is 0 Å². The van der Waals surface area contributed by atoms with E-state index in [1.807, 2.05) is 0 Å². The first-order valence-electron chi connectivity index (χ1n) is 30.0. The summed E-state index contributed by atoms with van der Waals surface area (Å²) < 4.78 is 0. The van der Waals surface area contributed by atoms with Crippen molar-refractivity contribution in [2.45, 2.75) is 358 Å². The fourth-order valence-corrected chi connectivity index (χ4v) is 10.2. The topological polar surface area (TPSA) is 169 Å². The van der Waals surface area contributed by atoms with Crippen LogP contribution in [0.15, 0.2) is 0 Å².